The molecule has 2 unspecified atom stereocenters. The number of nitrogens with zero attached hydrogens (tertiary/aromatic N) is 1. The number of aromatic nitrogens is 1. The summed E-state index contributed by atoms with van der Waals surface area (Å²) >= 11 is 0. The first-order valence-electron chi connectivity index (χ1n) is 5.60. The first kappa shape index (κ1) is 14.4. The summed E-state index contributed by atoms with van der Waals surface area (Å²) in [6.07, 6.45) is -1.29. The number of rotatable bonds is 6. The second-order valence-corrected chi connectivity index (χ2v) is 3.62. The standard InChI is InChI=1S/C12H17NO5/c1-3-18-10(15)7-9(14)11(16)8-5-4-6-13-12(8)17-2/h4-6,9,11,14,16H,3,7H2,1-2H3. The average molecular weight is 255 g/mol. The molecule has 0 saturated carbocycles. The van der Waals surface area contributed by atoms with E-state index in [1.807, 2.05) is 0 Å². The molecule has 1 rings (SSSR count). The largest absolute Gasteiger partial charge is 0.481 e. The van der Waals surface area contributed by atoms with Crippen molar-refractivity contribution in [2.75, 3.05) is 13.7 Å². The van der Waals surface area contributed by atoms with Crippen LogP contribution in [-0.4, -0.2) is 41.0 Å². The van der Waals surface area contributed by atoms with E-state index in [2.05, 4.69) is 4.98 Å². The van der Waals surface area contributed by atoms with Crippen LogP contribution in [0.5, 0.6) is 5.88 Å². The summed E-state index contributed by atoms with van der Waals surface area (Å²) in [6.45, 7) is 1.91. The first-order chi connectivity index (χ1) is 8.60. The van der Waals surface area contributed by atoms with Crippen molar-refractivity contribution >= 4 is 5.97 Å². The van der Waals surface area contributed by atoms with Gasteiger partial charge in [-0.25, -0.2) is 4.98 Å². The quantitative estimate of drug-likeness (QED) is 0.717. The number of aliphatic hydroxyl groups is 2. The van der Waals surface area contributed by atoms with Gasteiger partial charge in [0.25, 0.3) is 0 Å². The lowest BCUT2D eigenvalue weighted by molar-refractivity contribution is -0.147. The van der Waals surface area contributed by atoms with Crippen molar-refractivity contribution in [2.24, 2.45) is 0 Å². The van der Waals surface area contributed by atoms with Gasteiger partial charge in [-0.15, -0.1) is 0 Å². The normalized spacial score (nSPS) is 13.8. The predicted molar refractivity (Wildman–Crippen MR) is 63.0 cm³/mol. The van der Waals surface area contributed by atoms with E-state index in [4.69, 9.17) is 9.47 Å². The van der Waals surface area contributed by atoms with E-state index in [0.717, 1.165) is 0 Å². The Labute approximate surface area is 105 Å². The molecule has 1 heterocycles. The molecule has 1 aromatic heterocycles. The third-order valence-corrected chi connectivity index (χ3v) is 2.36. The Balaban J connectivity index is 2.73. The molecule has 0 aromatic carbocycles. The molecule has 0 saturated heterocycles. The molecule has 0 aliphatic rings. The van der Waals surface area contributed by atoms with Crippen LogP contribution in [0, 0.1) is 0 Å². The molecule has 18 heavy (non-hydrogen) atoms. The monoisotopic (exact) mass is 255 g/mol. The predicted octanol–water partition coefficient (Wildman–Crippen LogP) is 0.438. The van der Waals surface area contributed by atoms with Gasteiger partial charge in [0.2, 0.25) is 5.88 Å². The number of methoxy groups -OCH3 is 1. The van der Waals surface area contributed by atoms with E-state index in [-0.39, 0.29) is 18.9 Å². The highest BCUT2D eigenvalue weighted by Gasteiger charge is 2.25. The minimum absolute atomic E-state index is 0.216. The zero-order chi connectivity index (χ0) is 13.5. The molecule has 2 N–H and O–H groups in total. The number of esters is 1. The van der Waals surface area contributed by atoms with Crippen LogP contribution < -0.4 is 4.74 Å². The fraction of sp³-hybridized carbons (Fsp3) is 0.500. The van der Waals surface area contributed by atoms with Gasteiger partial charge in [-0.1, -0.05) is 0 Å². The lowest BCUT2D eigenvalue weighted by atomic mass is 10.0. The number of hydrogen-bond donors (Lipinski definition) is 2. The van der Waals surface area contributed by atoms with E-state index in [0.29, 0.717) is 5.56 Å². The third kappa shape index (κ3) is 3.68. The molecular weight excluding hydrogens is 238 g/mol. The van der Waals surface area contributed by atoms with Crippen LogP contribution in [0.15, 0.2) is 18.3 Å². The Morgan fingerprint density at radius 3 is 2.83 bits per heavy atom. The Bertz CT molecular complexity index is 396. The minimum atomic E-state index is -1.26. The number of hydrogen-bond acceptors (Lipinski definition) is 6. The van der Waals surface area contributed by atoms with Gasteiger partial charge in [0, 0.05) is 11.8 Å². The van der Waals surface area contributed by atoms with Crippen molar-refractivity contribution in [1.29, 1.82) is 0 Å². The summed E-state index contributed by atoms with van der Waals surface area (Å²) in [5, 5.41) is 19.7. The summed E-state index contributed by atoms with van der Waals surface area (Å²) in [6, 6.07) is 3.18. The maximum atomic E-state index is 11.2. The SMILES string of the molecule is CCOC(=O)CC(O)C(O)c1cccnc1OC. The molecule has 0 aliphatic heterocycles. The van der Waals surface area contributed by atoms with Crippen molar-refractivity contribution in [3.05, 3.63) is 23.9 Å². The minimum Gasteiger partial charge on any atom is -0.481 e. The number of ether oxygens (including phenoxy) is 2. The van der Waals surface area contributed by atoms with Gasteiger partial charge in [0.1, 0.15) is 6.10 Å². The number of carbonyl (C=O) groups is 1. The van der Waals surface area contributed by atoms with Gasteiger partial charge in [0.05, 0.1) is 26.2 Å². The van der Waals surface area contributed by atoms with Crippen LogP contribution in [0.1, 0.15) is 25.0 Å². The smallest absolute Gasteiger partial charge is 0.308 e. The highest BCUT2D eigenvalue weighted by molar-refractivity contribution is 5.70. The van der Waals surface area contributed by atoms with Gasteiger partial charge < -0.3 is 19.7 Å². The van der Waals surface area contributed by atoms with Crippen LogP contribution >= 0.6 is 0 Å². The van der Waals surface area contributed by atoms with Crippen LogP contribution in [0.3, 0.4) is 0 Å². The molecular formula is C12H17NO5. The lowest BCUT2D eigenvalue weighted by Gasteiger charge is -2.18. The molecule has 100 valence electrons. The highest BCUT2D eigenvalue weighted by Crippen LogP contribution is 2.26. The van der Waals surface area contributed by atoms with Crippen molar-refractivity contribution < 1.29 is 24.5 Å². The highest BCUT2D eigenvalue weighted by atomic mass is 16.5. The van der Waals surface area contributed by atoms with Crippen molar-refractivity contribution in [1.82, 2.24) is 4.98 Å². The number of pyridine rings is 1. The van der Waals surface area contributed by atoms with Crippen molar-refractivity contribution in [3.8, 4) is 5.88 Å². The molecule has 0 spiro atoms. The zero-order valence-corrected chi connectivity index (χ0v) is 10.4. The van der Waals surface area contributed by atoms with Crippen LogP contribution in [0.4, 0.5) is 0 Å². The summed E-state index contributed by atoms with van der Waals surface area (Å²) in [5.41, 5.74) is 0.330. The Morgan fingerprint density at radius 2 is 2.22 bits per heavy atom. The van der Waals surface area contributed by atoms with E-state index in [9.17, 15) is 15.0 Å². The van der Waals surface area contributed by atoms with Crippen LogP contribution in [0.25, 0.3) is 0 Å². The van der Waals surface area contributed by atoms with E-state index >= 15 is 0 Å². The fourth-order valence-electron chi connectivity index (χ4n) is 1.51. The average Bonchev–Trinajstić information content (AvgIpc) is 2.38. The van der Waals surface area contributed by atoms with E-state index < -0.39 is 18.2 Å². The van der Waals surface area contributed by atoms with E-state index in [1.165, 1.54) is 13.3 Å². The summed E-state index contributed by atoms with van der Waals surface area (Å²) < 4.78 is 9.67. The molecule has 0 bridgehead atoms. The number of carbonyl (C=O) groups excluding carboxylic acids is 1. The second kappa shape index (κ2) is 6.93. The summed E-state index contributed by atoms with van der Waals surface area (Å²) in [4.78, 5) is 15.1. The molecule has 2 atom stereocenters. The zero-order valence-electron chi connectivity index (χ0n) is 10.4. The van der Waals surface area contributed by atoms with Crippen LogP contribution in [-0.2, 0) is 9.53 Å². The molecule has 1 aromatic rings. The lowest BCUT2D eigenvalue weighted by Crippen LogP contribution is -2.23. The van der Waals surface area contributed by atoms with Gasteiger partial charge in [0.15, 0.2) is 0 Å². The van der Waals surface area contributed by atoms with Gasteiger partial charge in [-0.3, -0.25) is 4.79 Å². The van der Waals surface area contributed by atoms with Crippen molar-refractivity contribution in [3.63, 3.8) is 0 Å². The molecule has 6 nitrogen and oxygen atoms in total. The fourth-order valence-corrected chi connectivity index (χ4v) is 1.51. The second-order valence-electron chi connectivity index (χ2n) is 3.62. The van der Waals surface area contributed by atoms with Gasteiger partial charge in [-0.05, 0) is 19.1 Å². The molecule has 0 radical (unpaired) electrons. The van der Waals surface area contributed by atoms with Crippen molar-refractivity contribution in [2.45, 2.75) is 25.6 Å². The Hall–Kier alpha value is -1.66. The molecule has 0 aliphatic carbocycles. The van der Waals surface area contributed by atoms with Crippen LogP contribution in [0.2, 0.25) is 0 Å². The summed E-state index contributed by atoms with van der Waals surface area (Å²) in [5.74, 6) is -0.347. The first-order valence-corrected chi connectivity index (χ1v) is 5.60. The maximum absolute atomic E-state index is 11.2. The maximum Gasteiger partial charge on any atom is 0.308 e. The molecule has 0 amide bonds. The Morgan fingerprint density at radius 1 is 1.50 bits per heavy atom. The number of aliphatic hydroxyl groups excluding tert-OH is 2. The van der Waals surface area contributed by atoms with Gasteiger partial charge in [-0.2, -0.15) is 0 Å². The molecule has 6 heteroatoms. The van der Waals surface area contributed by atoms with Gasteiger partial charge >= 0.3 is 5.97 Å². The molecule has 0 fully saturated rings. The summed E-state index contributed by atoms with van der Waals surface area (Å²) in [7, 11) is 1.41. The topological polar surface area (TPSA) is 88.9 Å². The third-order valence-electron chi connectivity index (χ3n) is 2.36. The Kier molecular flexibility index (Phi) is 5.54. The van der Waals surface area contributed by atoms with E-state index in [1.54, 1.807) is 19.1 Å².